The van der Waals surface area contributed by atoms with Gasteiger partial charge in [-0.05, 0) is 38.4 Å². The normalized spacial score (nSPS) is 24.1. The summed E-state index contributed by atoms with van der Waals surface area (Å²) in [4.78, 5) is 1.36. The van der Waals surface area contributed by atoms with Crippen molar-refractivity contribution in [1.82, 2.24) is 5.32 Å². The molecule has 1 N–H and O–H groups in total. The molecule has 2 nitrogen and oxygen atoms in total. The van der Waals surface area contributed by atoms with Crippen molar-refractivity contribution >= 4 is 11.8 Å². The summed E-state index contributed by atoms with van der Waals surface area (Å²) in [5.41, 5.74) is 1.33. The first-order chi connectivity index (χ1) is 8.79. The third-order valence-electron chi connectivity index (χ3n) is 3.24. The van der Waals surface area contributed by atoms with E-state index in [1.807, 2.05) is 11.8 Å². The Kier molecular flexibility index (Phi) is 5.54. The van der Waals surface area contributed by atoms with Gasteiger partial charge in [-0.15, -0.1) is 11.8 Å². The second-order valence-electron chi connectivity index (χ2n) is 4.90. The van der Waals surface area contributed by atoms with Gasteiger partial charge >= 0.3 is 0 Å². The Hall–Kier alpha value is -0.510. The molecule has 18 heavy (non-hydrogen) atoms. The van der Waals surface area contributed by atoms with E-state index in [0.29, 0.717) is 11.3 Å². The van der Waals surface area contributed by atoms with Crippen molar-refractivity contribution in [2.45, 2.75) is 42.9 Å². The smallest absolute Gasteiger partial charge is 0.0603 e. The first-order valence-electron chi connectivity index (χ1n) is 6.84. The topological polar surface area (TPSA) is 21.3 Å². The summed E-state index contributed by atoms with van der Waals surface area (Å²) in [6, 6.07) is 9.33. The van der Waals surface area contributed by atoms with Crippen LogP contribution in [0.2, 0.25) is 0 Å². The molecule has 1 aromatic carbocycles. The SMILES string of the molecule is CCCNC1CCOCC1Sc1cccc(C)c1. The highest BCUT2D eigenvalue weighted by Crippen LogP contribution is 2.29. The van der Waals surface area contributed by atoms with Gasteiger partial charge in [-0.2, -0.15) is 0 Å². The fraction of sp³-hybridized carbons (Fsp3) is 0.600. The summed E-state index contributed by atoms with van der Waals surface area (Å²) < 4.78 is 5.63. The predicted octanol–water partition coefficient (Wildman–Crippen LogP) is 3.24. The minimum Gasteiger partial charge on any atom is -0.380 e. The Morgan fingerprint density at radius 1 is 1.44 bits per heavy atom. The summed E-state index contributed by atoms with van der Waals surface area (Å²) in [6.07, 6.45) is 2.32. The molecule has 0 bridgehead atoms. The van der Waals surface area contributed by atoms with E-state index in [4.69, 9.17) is 4.74 Å². The van der Waals surface area contributed by atoms with E-state index in [0.717, 1.165) is 26.2 Å². The fourth-order valence-electron chi connectivity index (χ4n) is 2.25. The average Bonchev–Trinajstić information content (AvgIpc) is 2.38. The lowest BCUT2D eigenvalue weighted by molar-refractivity contribution is 0.0833. The highest BCUT2D eigenvalue weighted by molar-refractivity contribution is 8.00. The number of hydrogen-bond acceptors (Lipinski definition) is 3. The molecular formula is C15H23NOS. The molecule has 3 heteroatoms. The Morgan fingerprint density at radius 3 is 3.11 bits per heavy atom. The largest absolute Gasteiger partial charge is 0.380 e. The molecule has 0 spiro atoms. The van der Waals surface area contributed by atoms with Gasteiger partial charge < -0.3 is 10.1 Å². The number of hydrogen-bond donors (Lipinski definition) is 1. The maximum atomic E-state index is 5.63. The summed E-state index contributed by atoms with van der Waals surface area (Å²) in [6.45, 7) is 7.23. The zero-order valence-electron chi connectivity index (χ0n) is 11.3. The van der Waals surface area contributed by atoms with E-state index in [-0.39, 0.29) is 0 Å². The van der Waals surface area contributed by atoms with E-state index >= 15 is 0 Å². The molecule has 100 valence electrons. The molecule has 2 atom stereocenters. The van der Waals surface area contributed by atoms with Crippen LogP contribution in [0.3, 0.4) is 0 Å². The highest BCUT2D eigenvalue weighted by Gasteiger charge is 2.25. The maximum Gasteiger partial charge on any atom is 0.0603 e. The van der Waals surface area contributed by atoms with Crippen molar-refractivity contribution < 1.29 is 4.74 Å². The standard InChI is InChI=1S/C15H23NOS/c1-3-8-16-14-7-9-17-11-15(14)18-13-6-4-5-12(2)10-13/h4-6,10,14-16H,3,7-9,11H2,1-2H3. The van der Waals surface area contributed by atoms with Crippen LogP contribution in [0, 0.1) is 6.92 Å². The van der Waals surface area contributed by atoms with Gasteiger partial charge in [-0.25, -0.2) is 0 Å². The van der Waals surface area contributed by atoms with Crippen molar-refractivity contribution in [3.8, 4) is 0 Å². The lowest BCUT2D eigenvalue weighted by Crippen LogP contribution is -2.45. The van der Waals surface area contributed by atoms with Crippen LogP contribution in [0.5, 0.6) is 0 Å². The van der Waals surface area contributed by atoms with E-state index in [2.05, 4.69) is 43.4 Å². The molecular weight excluding hydrogens is 242 g/mol. The van der Waals surface area contributed by atoms with E-state index < -0.39 is 0 Å². The van der Waals surface area contributed by atoms with Crippen molar-refractivity contribution in [3.63, 3.8) is 0 Å². The van der Waals surface area contributed by atoms with Crippen LogP contribution in [0.15, 0.2) is 29.2 Å². The lowest BCUT2D eigenvalue weighted by Gasteiger charge is -2.32. The van der Waals surface area contributed by atoms with Crippen molar-refractivity contribution in [1.29, 1.82) is 0 Å². The van der Waals surface area contributed by atoms with Gasteiger partial charge in [0, 0.05) is 22.8 Å². The zero-order chi connectivity index (χ0) is 12.8. The van der Waals surface area contributed by atoms with Gasteiger partial charge in [0.05, 0.1) is 6.61 Å². The number of ether oxygens (including phenoxy) is 1. The van der Waals surface area contributed by atoms with Crippen molar-refractivity contribution in [2.24, 2.45) is 0 Å². The van der Waals surface area contributed by atoms with Gasteiger partial charge in [0.1, 0.15) is 0 Å². The van der Waals surface area contributed by atoms with Gasteiger partial charge in [0.25, 0.3) is 0 Å². The molecule has 0 amide bonds. The number of nitrogens with one attached hydrogen (secondary N) is 1. The second kappa shape index (κ2) is 7.17. The van der Waals surface area contributed by atoms with Crippen LogP contribution in [-0.4, -0.2) is 31.1 Å². The van der Waals surface area contributed by atoms with E-state index in [1.165, 1.54) is 16.9 Å². The minimum atomic E-state index is 0.534. The first kappa shape index (κ1) is 13.9. The monoisotopic (exact) mass is 265 g/mol. The number of benzene rings is 1. The summed E-state index contributed by atoms with van der Waals surface area (Å²) in [7, 11) is 0. The number of rotatable bonds is 5. The Balaban J connectivity index is 1.96. The number of thioether (sulfide) groups is 1. The molecule has 1 saturated heterocycles. The van der Waals surface area contributed by atoms with Gasteiger partial charge in [-0.3, -0.25) is 0 Å². The second-order valence-corrected chi connectivity index (χ2v) is 6.21. The zero-order valence-corrected chi connectivity index (χ0v) is 12.1. The maximum absolute atomic E-state index is 5.63. The quantitative estimate of drug-likeness (QED) is 0.883. The average molecular weight is 265 g/mol. The Labute approximate surface area is 114 Å². The van der Waals surface area contributed by atoms with Gasteiger partial charge in [0.2, 0.25) is 0 Å². The van der Waals surface area contributed by atoms with Crippen molar-refractivity contribution in [3.05, 3.63) is 29.8 Å². The van der Waals surface area contributed by atoms with Crippen LogP contribution in [-0.2, 0) is 4.74 Å². The third kappa shape index (κ3) is 4.01. The van der Waals surface area contributed by atoms with Crippen LogP contribution < -0.4 is 5.32 Å². The molecule has 2 unspecified atom stereocenters. The molecule has 1 aromatic rings. The molecule has 0 aromatic heterocycles. The van der Waals surface area contributed by atoms with Crippen LogP contribution in [0.4, 0.5) is 0 Å². The molecule has 2 rings (SSSR count). The van der Waals surface area contributed by atoms with Gasteiger partial charge in [0.15, 0.2) is 0 Å². The van der Waals surface area contributed by atoms with Crippen LogP contribution >= 0.6 is 11.8 Å². The van der Waals surface area contributed by atoms with Crippen LogP contribution in [0.1, 0.15) is 25.3 Å². The molecule has 0 saturated carbocycles. The Morgan fingerprint density at radius 2 is 2.33 bits per heavy atom. The first-order valence-corrected chi connectivity index (χ1v) is 7.72. The molecule has 1 fully saturated rings. The van der Waals surface area contributed by atoms with Gasteiger partial charge in [-0.1, -0.05) is 24.6 Å². The summed E-state index contributed by atoms with van der Waals surface area (Å²) in [5, 5.41) is 4.19. The van der Waals surface area contributed by atoms with Crippen molar-refractivity contribution in [2.75, 3.05) is 19.8 Å². The minimum absolute atomic E-state index is 0.534. The molecule has 1 aliphatic rings. The summed E-state index contributed by atoms with van der Waals surface area (Å²) >= 11 is 1.95. The summed E-state index contributed by atoms with van der Waals surface area (Å²) in [5.74, 6) is 0. The lowest BCUT2D eigenvalue weighted by atomic mass is 10.1. The van der Waals surface area contributed by atoms with Crippen LogP contribution in [0.25, 0.3) is 0 Å². The molecule has 1 heterocycles. The molecule has 1 aliphatic heterocycles. The predicted molar refractivity (Wildman–Crippen MR) is 78.3 cm³/mol. The highest BCUT2D eigenvalue weighted by atomic mass is 32.2. The van der Waals surface area contributed by atoms with E-state index in [9.17, 15) is 0 Å². The molecule has 0 radical (unpaired) electrons. The Bertz CT molecular complexity index is 369. The number of aryl methyl sites for hydroxylation is 1. The fourth-order valence-corrected chi connectivity index (χ4v) is 3.58. The third-order valence-corrected chi connectivity index (χ3v) is 4.53. The van der Waals surface area contributed by atoms with E-state index in [1.54, 1.807) is 0 Å². The molecule has 0 aliphatic carbocycles.